The molecule has 0 spiro atoms. The molecular weight excluding hydrogens is 355 g/mol. The maximum absolute atomic E-state index is 11.3. The van der Waals surface area contributed by atoms with Crippen molar-refractivity contribution in [2.24, 2.45) is 0 Å². The molecular formula is C8H9Br2ClO2S. The number of alkyl halides is 2. The van der Waals surface area contributed by atoms with Gasteiger partial charge in [-0.05, 0) is 6.42 Å². The van der Waals surface area contributed by atoms with Gasteiger partial charge in [0, 0.05) is 16.0 Å². The first-order chi connectivity index (χ1) is 6.40. The van der Waals surface area contributed by atoms with Crippen LogP contribution in [-0.4, -0.2) is 23.3 Å². The summed E-state index contributed by atoms with van der Waals surface area (Å²) in [5.41, 5.74) is 0. The van der Waals surface area contributed by atoms with Crippen LogP contribution in [0.2, 0.25) is 0 Å². The molecule has 0 bridgehead atoms. The highest BCUT2D eigenvalue weighted by atomic mass is 79.9. The van der Waals surface area contributed by atoms with Crippen molar-refractivity contribution in [1.82, 2.24) is 0 Å². The van der Waals surface area contributed by atoms with E-state index in [1.54, 1.807) is 12.2 Å². The molecule has 0 fully saturated rings. The van der Waals surface area contributed by atoms with Crippen molar-refractivity contribution in [3.8, 4) is 0 Å². The molecule has 0 amide bonds. The summed E-state index contributed by atoms with van der Waals surface area (Å²) in [5.74, 6) is 0. The Kier molecular flexibility index (Phi) is 4.26. The van der Waals surface area contributed by atoms with Gasteiger partial charge >= 0.3 is 0 Å². The van der Waals surface area contributed by atoms with Crippen LogP contribution >= 0.6 is 42.5 Å². The van der Waals surface area contributed by atoms with Gasteiger partial charge in [-0.25, -0.2) is 8.42 Å². The monoisotopic (exact) mass is 362 g/mol. The zero-order valence-corrected chi connectivity index (χ0v) is 11.9. The maximum Gasteiger partial charge on any atom is 0.240 e. The molecule has 0 saturated carbocycles. The molecule has 1 aliphatic rings. The fraction of sp³-hybridized carbons (Fsp3) is 0.500. The number of halogens is 3. The van der Waals surface area contributed by atoms with E-state index < -0.39 is 18.6 Å². The molecule has 1 aliphatic carbocycles. The zero-order valence-electron chi connectivity index (χ0n) is 7.16. The summed E-state index contributed by atoms with van der Waals surface area (Å²) >= 11 is 6.72. The van der Waals surface area contributed by atoms with Crippen LogP contribution in [0, 0.1) is 0 Å². The van der Waals surface area contributed by atoms with Crippen molar-refractivity contribution in [3.63, 3.8) is 0 Å². The van der Waals surface area contributed by atoms with Crippen LogP contribution in [0.3, 0.4) is 0 Å². The van der Waals surface area contributed by atoms with Gasteiger partial charge in [-0.3, -0.25) is 0 Å². The predicted octanol–water partition coefficient (Wildman–Crippen LogP) is 2.97. The van der Waals surface area contributed by atoms with Crippen LogP contribution in [0.15, 0.2) is 24.3 Å². The smallest absolute Gasteiger partial charge is 0.212 e. The fourth-order valence-electron chi connectivity index (χ4n) is 1.33. The molecule has 0 radical (unpaired) electrons. The van der Waals surface area contributed by atoms with Crippen LogP contribution in [0.25, 0.3) is 0 Å². The van der Waals surface area contributed by atoms with E-state index in [-0.39, 0.29) is 0 Å². The number of hydrogen-bond acceptors (Lipinski definition) is 2. The first kappa shape index (κ1) is 12.7. The Morgan fingerprint density at radius 1 is 1.43 bits per heavy atom. The van der Waals surface area contributed by atoms with E-state index in [2.05, 4.69) is 31.9 Å². The normalized spacial score (nSPS) is 32.1. The van der Waals surface area contributed by atoms with Crippen LogP contribution in [0.5, 0.6) is 0 Å². The average molecular weight is 364 g/mol. The summed E-state index contributed by atoms with van der Waals surface area (Å²) in [7, 11) is 1.78. The Hall–Kier alpha value is 0.680. The topological polar surface area (TPSA) is 34.1 Å². The standard InChI is InChI=1S/C8H9Br2ClO2S/c9-6-5-8(10)4-2-1-3-7(8)14(11,12)13/h1-4,7H,5-6H2. The second-order valence-corrected chi connectivity index (χ2v) is 8.02. The van der Waals surface area contributed by atoms with Crippen LogP contribution in [-0.2, 0) is 9.05 Å². The summed E-state index contributed by atoms with van der Waals surface area (Å²) in [6.07, 6.45) is 7.58. The summed E-state index contributed by atoms with van der Waals surface area (Å²) in [4.78, 5) is 0. The lowest BCUT2D eigenvalue weighted by molar-refractivity contribution is 0.587. The van der Waals surface area contributed by atoms with Crippen LogP contribution in [0.4, 0.5) is 0 Å². The van der Waals surface area contributed by atoms with E-state index in [9.17, 15) is 8.42 Å². The van der Waals surface area contributed by atoms with Crippen molar-refractivity contribution >= 4 is 51.6 Å². The van der Waals surface area contributed by atoms with Gasteiger partial charge < -0.3 is 0 Å². The van der Waals surface area contributed by atoms with Gasteiger partial charge in [-0.1, -0.05) is 56.2 Å². The average Bonchev–Trinajstić information content (AvgIpc) is 2.02. The molecule has 0 aromatic carbocycles. The van der Waals surface area contributed by atoms with Crippen molar-refractivity contribution < 1.29 is 8.42 Å². The molecule has 2 atom stereocenters. The van der Waals surface area contributed by atoms with Crippen LogP contribution < -0.4 is 0 Å². The quantitative estimate of drug-likeness (QED) is 0.570. The molecule has 14 heavy (non-hydrogen) atoms. The Morgan fingerprint density at radius 2 is 2.07 bits per heavy atom. The summed E-state index contributed by atoms with van der Waals surface area (Å²) in [6, 6.07) is 0. The van der Waals surface area contributed by atoms with Gasteiger partial charge in [-0.2, -0.15) is 0 Å². The molecule has 0 heterocycles. The van der Waals surface area contributed by atoms with Crippen molar-refractivity contribution in [2.45, 2.75) is 16.0 Å². The SMILES string of the molecule is O=S(=O)(Cl)C1C=CC=CC1(Br)CCBr. The predicted molar refractivity (Wildman–Crippen MR) is 66.9 cm³/mol. The lowest BCUT2D eigenvalue weighted by Crippen LogP contribution is -2.38. The Labute approximate surface area is 105 Å². The highest BCUT2D eigenvalue weighted by Crippen LogP contribution is 2.37. The molecule has 2 unspecified atom stereocenters. The second kappa shape index (κ2) is 4.68. The minimum atomic E-state index is -3.59. The van der Waals surface area contributed by atoms with E-state index in [0.29, 0.717) is 11.8 Å². The Balaban J connectivity index is 3.04. The van der Waals surface area contributed by atoms with E-state index in [1.807, 2.05) is 12.2 Å². The highest BCUT2D eigenvalue weighted by Gasteiger charge is 2.40. The molecule has 6 heteroatoms. The van der Waals surface area contributed by atoms with Crippen LogP contribution in [0.1, 0.15) is 6.42 Å². The van der Waals surface area contributed by atoms with Gasteiger partial charge in [0.1, 0.15) is 5.25 Å². The van der Waals surface area contributed by atoms with E-state index in [1.165, 1.54) is 0 Å². The van der Waals surface area contributed by atoms with E-state index >= 15 is 0 Å². The Bertz CT molecular complexity index is 364. The van der Waals surface area contributed by atoms with Gasteiger partial charge in [0.25, 0.3) is 0 Å². The molecule has 0 N–H and O–H groups in total. The Morgan fingerprint density at radius 3 is 2.57 bits per heavy atom. The van der Waals surface area contributed by atoms with Gasteiger partial charge in [0.2, 0.25) is 9.05 Å². The summed E-state index contributed by atoms with van der Waals surface area (Å²) in [5, 5.41) is -0.00138. The first-order valence-corrected chi connectivity index (χ1v) is 8.23. The van der Waals surface area contributed by atoms with Crippen molar-refractivity contribution in [2.75, 3.05) is 5.33 Å². The third-order valence-corrected chi connectivity index (χ3v) is 5.64. The summed E-state index contributed by atoms with van der Waals surface area (Å²) in [6.45, 7) is 0. The highest BCUT2D eigenvalue weighted by molar-refractivity contribution is 9.10. The van der Waals surface area contributed by atoms with Gasteiger partial charge in [0.05, 0.1) is 4.32 Å². The van der Waals surface area contributed by atoms with E-state index in [0.717, 1.165) is 0 Å². The molecule has 0 aromatic heterocycles. The van der Waals surface area contributed by atoms with Crippen molar-refractivity contribution in [1.29, 1.82) is 0 Å². The largest absolute Gasteiger partial charge is 0.240 e. The van der Waals surface area contributed by atoms with Gasteiger partial charge in [-0.15, -0.1) is 0 Å². The van der Waals surface area contributed by atoms with Gasteiger partial charge in [0.15, 0.2) is 0 Å². The first-order valence-electron chi connectivity index (χ1n) is 3.94. The molecule has 1 rings (SSSR count). The molecule has 0 aromatic rings. The fourth-order valence-corrected chi connectivity index (χ4v) is 5.68. The third kappa shape index (κ3) is 2.84. The lowest BCUT2D eigenvalue weighted by atomic mass is 9.97. The van der Waals surface area contributed by atoms with Crippen molar-refractivity contribution in [3.05, 3.63) is 24.3 Å². The molecule has 0 aliphatic heterocycles. The number of rotatable bonds is 3. The van der Waals surface area contributed by atoms with E-state index in [4.69, 9.17) is 10.7 Å². The summed E-state index contributed by atoms with van der Waals surface area (Å²) < 4.78 is 22.0. The minimum Gasteiger partial charge on any atom is -0.212 e. The lowest BCUT2D eigenvalue weighted by Gasteiger charge is -2.30. The number of allylic oxidation sites excluding steroid dienone is 3. The molecule has 80 valence electrons. The number of hydrogen-bond donors (Lipinski definition) is 0. The molecule has 0 saturated heterocycles. The third-order valence-electron chi connectivity index (χ3n) is 2.02. The second-order valence-electron chi connectivity index (χ2n) is 3.01. The zero-order chi connectivity index (χ0) is 10.8. The minimum absolute atomic E-state index is 0.591. The molecule has 2 nitrogen and oxygen atoms in total. The maximum atomic E-state index is 11.3.